The molecule has 144 valence electrons. The van der Waals surface area contributed by atoms with Crippen molar-refractivity contribution < 1.29 is 9.18 Å². The number of pyridine rings is 1. The van der Waals surface area contributed by atoms with Crippen LogP contribution in [0.2, 0.25) is 0 Å². The summed E-state index contributed by atoms with van der Waals surface area (Å²) in [5, 5.41) is 7.32. The fourth-order valence-electron chi connectivity index (χ4n) is 3.61. The van der Waals surface area contributed by atoms with Gasteiger partial charge in [-0.15, -0.1) is 0 Å². The van der Waals surface area contributed by atoms with Gasteiger partial charge in [0.15, 0.2) is 5.82 Å². The topological polar surface area (TPSA) is 74.8 Å². The zero-order chi connectivity index (χ0) is 19.3. The number of piperidine rings is 1. The summed E-state index contributed by atoms with van der Waals surface area (Å²) in [6, 6.07) is 10.0. The molecule has 28 heavy (non-hydrogen) atoms. The maximum absolute atomic E-state index is 13.3. The lowest BCUT2D eigenvalue weighted by atomic mass is 9.93. The molecule has 0 atom stereocenters. The largest absolute Gasteiger partial charge is 0.342 e. The van der Waals surface area contributed by atoms with Crippen molar-refractivity contribution in [3.8, 4) is 11.4 Å². The second-order valence-electron chi connectivity index (χ2n) is 7.18. The van der Waals surface area contributed by atoms with Gasteiger partial charge in [0.05, 0.1) is 6.42 Å². The van der Waals surface area contributed by atoms with E-state index in [4.69, 9.17) is 0 Å². The number of nitrogens with one attached hydrogen (secondary N) is 1. The van der Waals surface area contributed by atoms with E-state index in [0.717, 1.165) is 49.3 Å². The molecule has 1 N–H and O–H groups in total. The standard InChI is InChI=1S/C21H22FN5O/c22-18-3-1-2-16(12-18)14-20(28)27-10-6-15(7-11-27)13-19-24-21(26-25-19)17-4-8-23-9-5-17/h1-5,8-9,12,15H,6-7,10-11,13-14H2,(H,24,25,26). The van der Waals surface area contributed by atoms with Gasteiger partial charge in [0.25, 0.3) is 0 Å². The lowest BCUT2D eigenvalue weighted by Crippen LogP contribution is -2.39. The fraction of sp³-hybridized carbons (Fsp3) is 0.333. The number of likely N-dealkylation sites (tertiary alicyclic amines) is 1. The van der Waals surface area contributed by atoms with Crippen molar-refractivity contribution in [1.29, 1.82) is 0 Å². The minimum Gasteiger partial charge on any atom is -0.342 e. The van der Waals surface area contributed by atoms with Crippen molar-refractivity contribution in [1.82, 2.24) is 25.1 Å². The maximum Gasteiger partial charge on any atom is 0.226 e. The molecule has 0 spiro atoms. The number of aromatic nitrogens is 4. The molecule has 3 heterocycles. The number of halogens is 1. The van der Waals surface area contributed by atoms with Crippen LogP contribution in [0, 0.1) is 11.7 Å². The van der Waals surface area contributed by atoms with E-state index < -0.39 is 0 Å². The van der Waals surface area contributed by atoms with Gasteiger partial charge in [-0.25, -0.2) is 9.37 Å². The number of aromatic amines is 1. The zero-order valence-corrected chi connectivity index (χ0v) is 15.5. The van der Waals surface area contributed by atoms with Crippen LogP contribution in [0.25, 0.3) is 11.4 Å². The van der Waals surface area contributed by atoms with Crippen LogP contribution in [0.3, 0.4) is 0 Å². The first-order chi connectivity index (χ1) is 13.7. The van der Waals surface area contributed by atoms with Crippen LogP contribution < -0.4 is 0 Å². The number of carbonyl (C=O) groups is 1. The number of H-pyrrole nitrogens is 1. The molecule has 6 nitrogen and oxygen atoms in total. The first kappa shape index (κ1) is 18.3. The van der Waals surface area contributed by atoms with Gasteiger partial charge in [-0.2, -0.15) is 5.10 Å². The maximum atomic E-state index is 13.3. The summed E-state index contributed by atoms with van der Waals surface area (Å²) in [6.07, 6.45) is 6.38. The quantitative estimate of drug-likeness (QED) is 0.739. The molecule has 1 fully saturated rings. The number of carbonyl (C=O) groups excluding carboxylic acids is 1. The molecule has 4 rings (SSSR count). The number of amides is 1. The highest BCUT2D eigenvalue weighted by atomic mass is 19.1. The van der Waals surface area contributed by atoms with Crippen LogP contribution in [0.1, 0.15) is 24.2 Å². The van der Waals surface area contributed by atoms with Gasteiger partial charge in [0.1, 0.15) is 11.6 Å². The molecule has 0 bridgehead atoms. The van der Waals surface area contributed by atoms with E-state index in [2.05, 4.69) is 20.2 Å². The van der Waals surface area contributed by atoms with Gasteiger partial charge in [-0.05, 0) is 48.6 Å². The molecule has 0 saturated carbocycles. The van der Waals surface area contributed by atoms with Gasteiger partial charge in [0, 0.05) is 37.5 Å². The summed E-state index contributed by atoms with van der Waals surface area (Å²) >= 11 is 0. The lowest BCUT2D eigenvalue weighted by molar-refractivity contribution is -0.131. The third-order valence-corrected chi connectivity index (χ3v) is 5.16. The molecule has 1 amide bonds. The van der Waals surface area contributed by atoms with Crippen molar-refractivity contribution in [2.45, 2.75) is 25.7 Å². The number of hydrogen-bond donors (Lipinski definition) is 1. The number of rotatable bonds is 5. The van der Waals surface area contributed by atoms with Gasteiger partial charge in [0.2, 0.25) is 5.91 Å². The van der Waals surface area contributed by atoms with Crippen molar-refractivity contribution in [2.24, 2.45) is 5.92 Å². The summed E-state index contributed by atoms with van der Waals surface area (Å²) in [4.78, 5) is 22.9. The molecule has 2 aromatic heterocycles. The second-order valence-corrected chi connectivity index (χ2v) is 7.18. The van der Waals surface area contributed by atoms with Gasteiger partial charge >= 0.3 is 0 Å². The summed E-state index contributed by atoms with van der Waals surface area (Å²) in [5.74, 6) is 1.78. The summed E-state index contributed by atoms with van der Waals surface area (Å²) in [6.45, 7) is 1.45. The highest BCUT2D eigenvalue weighted by Crippen LogP contribution is 2.22. The number of hydrogen-bond acceptors (Lipinski definition) is 4. The van der Waals surface area contributed by atoms with Gasteiger partial charge in [-0.3, -0.25) is 14.9 Å². The average molecular weight is 379 g/mol. The molecular formula is C21H22FN5O. The minimum absolute atomic E-state index is 0.0590. The third-order valence-electron chi connectivity index (χ3n) is 5.16. The number of benzene rings is 1. The molecule has 1 aliphatic rings. The van der Waals surface area contributed by atoms with Crippen LogP contribution >= 0.6 is 0 Å². The van der Waals surface area contributed by atoms with Crippen LogP contribution in [-0.2, 0) is 17.6 Å². The Morgan fingerprint density at radius 1 is 1.18 bits per heavy atom. The molecule has 0 radical (unpaired) electrons. The highest BCUT2D eigenvalue weighted by Gasteiger charge is 2.24. The zero-order valence-electron chi connectivity index (χ0n) is 15.5. The Kier molecular flexibility index (Phi) is 5.41. The SMILES string of the molecule is O=C(Cc1cccc(F)c1)N1CCC(Cc2nc(-c3ccncc3)n[nH]2)CC1. The lowest BCUT2D eigenvalue weighted by Gasteiger charge is -2.31. The molecule has 1 aromatic carbocycles. The van der Waals surface area contributed by atoms with E-state index >= 15 is 0 Å². The van der Waals surface area contributed by atoms with E-state index in [9.17, 15) is 9.18 Å². The molecule has 0 aliphatic carbocycles. The van der Waals surface area contributed by atoms with Crippen LogP contribution in [0.4, 0.5) is 4.39 Å². The summed E-state index contributed by atoms with van der Waals surface area (Å²) in [5.41, 5.74) is 1.66. The Bertz CT molecular complexity index is 935. The number of nitrogens with zero attached hydrogens (tertiary/aromatic N) is 4. The van der Waals surface area contributed by atoms with Crippen LogP contribution in [0.15, 0.2) is 48.8 Å². The Morgan fingerprint density at radius 2 is 1.96 bits per heavy atom. The van der Waals surface area contributed by atoms with E-state index in [1.165, 1.54) is 12.1 Å². The monoisotopic (exact) mass is 379 g/mol. The Labute approximate surface area is 162 Å². The Hall–Kier alpha value is -3.09. The van der Waals surface area contributed by atoms with Crippen molar-refractivity contribution in [3.63, 3.8) is 0 Å². The Balaban J connectivity index is 1.28. The first-order valence-electron chi connectivity index (χ1n) is 9.51. The minimum atomic E-state index is -0.304. The molecule has 3 aromatic rings. The second kappa shape index (κ2) is 8.29. The van der Waals surface area contributed by atoms with Gasteiger partial charge in [-0.1, -0.05) is 12.1 Å². The van der Waals surface area contributed by atoms with E-state index in [1.54, 1.807) is 24.5 Å². The predicted molar refractivity (Wildman–Crippen MR) is 103 cm³/mol. The molecule has 1 aliphatic heterocycles. The normalized spacial score (nSPS) is 15.0. The van der Waals surface area contributed by atoms with Crippen molar-refractivity contribution in [2.75, 3.05) is 13.1 Å². The van der Waals surface area contributed by atoms with E-state index in [-0.39, 0.29) is 18.1 Å². The van der Waals surface area contributed by atoms with Crippen molar-refractivity contribution in [3.05, 3.63) is 66.0 Å². The molecule has 1 saturated heterocycles. The average Bonchev–Trinajstić information content (AvgIpc) is 3.18. The van der Waals surface area contributed by atoms with Gasteiger partial charge < -0.3 is 4.90 Å². The van der Waals surface area contributed by atoms with E-state index in [0.29, 0.717) is 11.7 Å². The third kappa shape index (κ3) is 4.42. The molecular weight excluding hydrogens is 357 g/mol. The Morgan fingerprint density at radius 3 is 2.71 bits per heavy atom. The highest BCUT2D eigenvalue weighted by molar-refractivity contribution is 5.78. The van der Waals surface area contributed by atoms with Crippen LogP contribution in [0.5, 0.6) is 0 Å². The van der Waals surface area contributed by atoms with Crippen molar-refractivity contribution >= 4 is 5.91 Å². The summed E-state index contributed by atoms with van der Waals surface area (Å²) < 4.78 is 13.3. The van der Waals surface area contributed by atoms with E-state index in [1.807, 2.05) is 17.0 Å². The molecule has 0 unspecified atom stereocenters. The fourth-order valence-corrected chi connectivity index (χ4v) is 3.61. The summed E-state index contributed by atoms with van der Waals surface area (Å²) in [7, 11) is 0. The predicted octanol–water partition coefficient (Wildman–Crippen LogP) is 3.03. The molecule has 7 heteroatoms. The first-order valence-corrected chi connectivity index (χ1v) is 9.51. The smallest absolute Gasteiger partial charge is 0.226 e. The van der Waals surface area contributed by atoms with Crippen LogP contribution in [-0.4, -0.2) is 44.1 Å².